The Morgan fingerprint density at radius 3 is 2.73 bits per heavy atom. The molecule has 1 aromatic carbocycles. The molecule has 3 rings (SSSR count). The molecule has 0 aliphatic carbocycles. The molecule has 1 aromatic heterocycles. The number of carbonyl (C=O) groups is 2. The van der Waals surface area contributed by atoms with Crippen LogP contribution in [0.25, 0.3) is 11.5 Å². The van der Waals surface area contributed by atoms with Gasteiger partial charge in [-0.1, -0.05) is 0 Å². The summed E-state index contributed by atoms with van der Waals surface area (Å²) in [7, 11) is 1.60. The quantitative estimate of drug-likeness (QED) is 0.781. The summed E-state index contributed by atoms with van der Waals surface area (Å²) in [6, 6.07) is 7.29. The third-order valence-electron chi connectivity index (χ3n) is 4.12. The van der Waals surface area contributed by atoms with Gasteiger partial charge in [-0.15, -0.1) is 10.2 Å². The van der Waals surface area contributed by atoms with Gasteiger partial charge in [-0.25, -0.2) is 4.79 Å². The number of aliphatic carboxylic acids is 1. The molecule has 0 unspecified atom stereocenters. The first kappa shape index (κ1) is 17.9. The zero-order valence-corrected chi connectivity index (χ0v) is 14.3. The van der Waals surface area contributed by atoms with E-state index in [2.05, 4.69) is 10.2 Å². The third kappa shape index (κ3) is 4.17. The van der Waals surface area contributed by atoms with Crippen LogP contribution in [-0.4, -0.2) is 65.5 Å². The largest absolute Gasteiger partial charge is 0.497 e. The maximum Gasteiger partial charge on any atom is 0.329 e. The fourth-order valence-electron chi connectivity index (χ4n) is 2.76. The fourth-order valence-corrected chi connectivity index (χ4v) is 2.76. The van der Waals surface area contributed by atoms with Crippen LogP contribution in [0.5, 0.6) is 5.75 Å². The van der Waals surface area contributed by atoms with E-state index in [9.17, 15) is 9.59 Å². The van der Waals surface area contributed by atoms with Gasteiger partial charge in [0.05, 0.1) is 13.0 Å². The number of carbonyl (C=O) groups excluding carboxylic acids is 1. The SMILES string of the molecule is COc1ccc(-c2nnc([C@H]3CCN(C(=O)COCC(=O)O)C3)o2)cc1. The predicted molar refractivity (Wildman–Crippen MR) is 88.7 cm³/mol. The number of carboxylic acid groups (broad SMARTS) is 1. The van der Waals surface area contributed by atoms with Crippen molar-refractivity contribution in [1.29, 1.82) is 0 Å². The Morgan fingerprint density at radius 1 is 1.27 bits per heavy atom. The van der Waals surface area contributed by atoms with E-state index in [1.54, 1.807) is 12.0 Å². The monoisotopic (exact) mass is 361 g/mol. The van der Waals surface area contributed by atoms with Crippen molar-refractivity contribution < 1.29 is 28.6 Å². The van der Waals surface area contributed by atoms with Crippen LogP contribution in [0.2, 0.25) is 0 Å². The number of hydrogen-bond acceptors (Lipinski definition) is 7. The smallest absolute Gasteiger partial charge is 0.329 e. The average Bonchev–Trinajstić information content (AvgIpc) is 3.31. The van der Waals surface area contributed by atoms with Crippen molar-refractivity contribution in [3.63, 3.8) is 0 Å². The summed E-state index contributed by atoms with van der Waals surface area (Å²) in [5, 5.41) is 16.7. The van der Waals surface area contributed by atoms with Crippen molar-refractivity contribution in [2.45, 2.75) is 12.3 Å². The molecule has 9 nitrogen and oxygen atoms in total. The van der Waals surface area contributed by atoms with Crippen LogP contribution in [0.4, 0.5) is 0 Å². The lowest BCUT2D eigenvalue weighted by atomic mass is 10.1. The summed E-state index contributed by atoms with van der Waals surface area (Å²) in [4.78, 5) is 24.0. The van der Waals surface area contributed by atoms with Gasteiger partial charge < -0.3 is 23.9 Å². The van der Waals surface area contributed by atoms with Crippen molar-refractivity contribution in [2.75, 3.05) is 33.4 Å². The molecule has 1 saturated heterocycles. The highest BCUT2D eigenvalue weighted by Crippen LogP contribution is 2.29. The van der Waals surface area contributed by atoms with Gasteiger partial charge in [0.15, 0.2) is 0 Å². The van der Waals surface area contributed by atoms with Crippen molar-refractivity contribution >= 4 is 11.9 Å². The van der Waals surface area contributed by atoms with E-state index in [-0.39, 0.29) is 18.4 Å². The van der Waals surface area contributed by atoms with E-state index < -0.39 is 12.6 Å². The second kappa shape index (κ2) is 7.96. The Hall–Kier alpha value is -2.94. The number of rotatable bonds is 7. The molecule has 1 aliphatic rings. The van der Waals surface area contributed by atoms with Gasteiger partial charge >= 0.3 is 5.97 Å². The molecule has 1 amide bonds. The van der Waals surface area contributed by atoms with Gasteiger partial charge in [-0.2, -0.15) is 0 Å². The zero-order valence-electron chi connectivity index (χ0n) is 14.3. The minimum atomic E-state index is -1.10. The van der Waals surface area contributed by atoms with Crippen LogP contribution in [0.1, 0.15) is 18.2 Å². The fraction of sp³-hybridized carbons (Fsp3) is 0.412. The lowest BCUT2D eigenvalue weighted by Gasteiger charge is -2.15. The first-order chi connectivity index (χ1) is 12.6. The average molecular weight is 361 g/mol. The molecule has 1 atom stereocenters. The van der Waals surface area contributed by atoms with E-state index in [0.29, 0.717) is 31.3 Å². The first-order valence-corrected chi connectivity index (χ1v) is 8.12. The zero-order chi connectivity index (χ0) is 18.5. The van der Waals surface area contributed by atoms with Crippen molar-refractivity contribution in [3.05, 3.63) is 30.2 Å². The Bertz CT molecular complexity index is 773. The summed E-state index contributed by atoms with van der Waals surface area (Å²) < 4.78 is 15.7. The highest BCUT2D eigenvalue weighted by molar-refractivity contribution is 5.78. The number of amides is 1. The van der Waals surface area contributed by atoms with Crippen LogP contribution in [0.3, 0.4) is 0 Å². The molecular formula is C17H19N3O6. The number of carboxylic acids is 1. The molecule has 0 radical (unpaired) electrons. The second-order valence-electron chi connectivity index (χ2n) is 5.89. The molecule has 1 fully saturated rings. The Morgan fingerprint density at radius 2 is 2.04 bits per heavy atom. The number of ether oxygens (including phenoxy) is 2. The Kier molecular flexibility index (Phi) is 5.47. The van der Waals surface area contributed by atoms with Gasteiger partial charge in [0.2, 0.25) is 17.7 Å². The lowest BCUT2D eigenvalue weighted by molar-refractivity contribution is -0.145. The maximum atomic E-state index is 12.0. The van der Waals surface area contributed by atoms with Gasteiger partial charge in [-0.3, -0.25) is 4.79 Å². The van der Waals surface area contributed by atoms with Crippen molar-refractivity contribution in [2.24, 2.45) is 0 Å². The minimum absolute atomic E-state index is 0.0436. The lowest BCUT2D eigenvalue weighted by Crippen LogP contribution is -2.32. The van der Waals surface area contributed by atoms with Crippen LogP contribution in [0.15, 0.2) is 28.7 Å². The first-order valence-electron chi connectivity index (χ1n) is 8.12. The van der Waals surface area contributed by atoms with Crippen LogP contribution in [-0.2, 0) is 14.3 Å². The number of nitrogens with zero attached hydrogens (tertiary/aromatic N) is 3. The maximum absolute atomic E-state index is 12.0. The van der Waals surface area contributed by atoms with Crippen molar-refractivity contribution in [3.8, 4) is 17.2 Å². The van der Waals surface area contributed by atoms with E-state index in [1.807, 2.05) is 24.3 Å². The molecule has 2 aromatic rings. The Balaban J connectivity index is 1.58. The molecule has 1 N–H and O–H groups in total. The Labute approximate surface area is 149 Å². The standard InChI is InChI=1S/C17H19N3O6/c1-24-13-4-2-11(3-5-13)16-18-19-17(26-16)12-6-7-20(8-12)14(21)9-25-10-15(22)23/h2-5,12H,6-10H2,1H3,(H,22,23)/t12-/m0/s1. The molecule has 1 aliphatic heterocycles. The van der Waals surface area contributed by atoms with Gasteiger partial charge in [0.1, 0.15) is 19.0 Å². The summed E-state index contributed by atoms with van der Waals surface area (Å²) >= 11 is 0. The van der Waals surface area contributed by atoms with Crippen LogP contribution >= 0.6 is 0 Å². The predicted octanol–water partition coefficient (Wildman–Crippen LogP) is 1.16. The van der Waals surface area contributed by atoms with Crippen LogP contribution in [0, 0.1) is 0 Å². The van der Waals surface area contributed by atoms with Crippen LogP contribution < -0.4 is 4.74 Å². The normalized spacial score (nSPS) is 16.7. The van der Waals surface area contributed by atoms with E-state index in [1.165, 1.54) is 0 Å². The van der Waals surface area contributed by atoms with Gasteiger partial charge in [0.25, 0.3) is 0 Å². The highest BCUT2D eigenvalue weighted by Gasteiger charge is 2.31. The number of benzene rings is 1. The molecular weight excluding hydrogens is 342 g/mol. The summed E-state index contributed by atoms with van der Waals surface area (Å²) in [6.07, 6.45) is 0.703. The summed E-state index contributed by atoms with van der Waals surface area (Å²) in [5.74, 6) is 0.244. The van der Waals surface area contributed by atoms with E-state index in [4.69, 9.17) is 19.0 Å². The molecule has 138 valence electrons. The summed E-state index contributed by atoms with van der Waals surface area (Å²) in [5.41, 5.74) is 0.789. The molecule has 2 heterocycles. The molecule has 26 heavy (non-hydrogen) atoms. The molecule has 0 saturated carbocycles. The molecule has 0 spiro atoms. The number of hydrogen-bond donors (Lipinski definition) is 1. The topological polar surface area (TPSA) is 115 Å². The van der Waals surface area contributed by atoms with E-state index in [0.717, 1.165) is 11.3 Å². The third-order valence-corrected chi connectivity index (χ3v) is 4.12. The highest BCUT2D eigenvalue weighted by atomic mass is 16.5. The minimum Gasteiger partial charge on any atom is -0.497 e. The molecule has 0 bridgehead atoms. The number of aromatic nitrogens is 2. The summed E-state index contributed by atoms with van der Waals surface area (Å²) in [6.45, 7) is 0.248. The van der Waals surface area contributed by atoms with Crippen molar-refractivity contribution in [1.82, 2.24) is 15.1 Å². The second-order valence-corrected chi connectivity index (χ2v) is 5.89. The van der Waals surface area contributed by atoms with Gasteiger partial charge in [0, 0.05) is 18.7 Å². The van der Waals surface area contributed by atoms with Gasteiger partial charge in [-0.05, 0) is 30.7 Å². The number of methoxy groups -OCH3 is 1. The number of likely N-dealkylation sites (tertiary alicyclic amines) is 1. The molecule has 9 heteroatoms. The van der Waals surface area contributed by atoms with E-state index >= 15 is 0 Å².